The molecule has 0 spiro atoms. The standard InChI is InChI=1S/C32H33Cl2N5O4/c1-3-43-32(41)25-8-7-20(15-29(25)38-9-11-42-12-10-38)24-6-4-5-21-19-39(37-18-26(21)24)31(40)30-27(33)13-22(14-28(30)34)23(16-35)17-36-2/h4-8,13-17,37H,3,9-12,18-19,35H2,1-2H3. The minimum absolute atomic E-state index is 0.203. The van der Waals surface area contributed by atoms with Crippen molar-refractivity contribution in [1.82, 2.24) is 10.4 Å². The minimum Gasteiger partial charge on any atom is -0.462 e. The zero-order valence-corrected chi connectivity index (χ0v) is 25.5. The number of halogens is 2. The van der Waals surface area contributed by atoms with E-state index in [1.165, 1.54) is 11.2 Å². The second-order valence-corrected chi connectivity index (χ2v) is 10.9. The Labute approximate surface area is 260 Å². The lowest BCUT2D eigenvalue weighted by molar-refractivity contribution is 0.0525. The smallest absolute Gasteiger partial charge is 0.340 e. The Morgan fingerprint density at radius 2 is 1.86 bits per heavy atom. The van der Waals surface area contributed by atoms with Crippen LogP contribution in [-0.4, -0.2) is 63.1 Å². The van der Waals surface area contributed by atoms with Gasteiger partial charge in [-0.05, 0) is 59.0 Å². The zero-order chi connectivity index (χ0) is 30.5. The van der Waals surface area contributed by atoms with E-state index < -0.39 is 0 Å². The quantitative estimate of drug-likeness (QED) is 0.271. The predicted octanol–water partition coefficient (Wildman–Crippen LogP) is 5.33. The van der Waals surface area contributed by atoms with Crippen LogP contribution in [0.1, 0.15) is 44.3 Å². The van der Waals surface area contributed by atoms with Crippen LogP contribution < -0.4 is 16.1 Å². The molecule has 3 aromatic rings. The number of fused-ring (bicyclic) bond motifs is 1. The van der Waals surface area contributed by atoms with Crippen molar-refractivity contribution >= 4 is 52.6 Å². The van der Waals surface area contributed by atoms with Crippen molar-refractivity contribution in [2.24, 2.45) is 10.7 Å². The number of hydrogen-bond donors (Lipinski definition) is 2. The zero-order valence-electron chi connectivity index (χ0n) is 24.0. The molecule has 224 valence electrons. The monoisotopic (exact) mass is 621 g/mol. The van der Waals surface area contributed by atoms with Gasteiger partial charge in [0.15, 0.2) is 0 Å². The molecule has 2 aliphatic heterocycles. The van der Waals surface area contributed by atoms with E-state index in [4.69, 9.17) is 38.4 Å². The van der Waals surface area contributed by atoms with E-state index in [1.807, 2.05) is 30.3 Å². The molecule has 0 radical (unpaired) electrons. The Hall–Kier alpha value is -3.89. The van der Waals surface area contributed by atoms with Gasteiger partial charge >= 0.3 is 5.97 Å². The highest BCUT2D eigenvalue weighted by Gasteiger charge is 2.28. The predicted molar refractivity (Wildman–Crippen MR) is 171 cm³/mol. The molecule has 9 nitrogen and oxygen atoms in total. The second kappa shape index (κ2) is 13.6. The van der Waals surface area contributed by atoms with Crippen LogP contribution in [0, 0.1) is 0 Å². The average Bonchev–Trinajstić information content (AvgIpc) is 3.02. The lowest BCUT2D eigenvalue weighted by Gasteiger charge is -2.32. The highest BCUT2D eigenvalue weighted by Crippen LogP contribution is 2.35. The molecule has 1 amide bonds. The summed E-state index contributed by atoms with van der Waals surface area (Å²) in [7, 11) is 1.64. The number of nitrogens with one attached hydrogen (secondary N) is 1. The topological polar surface area (TPSA) is 109 Å². The molecule has 2 heterocycles. The first kappa shape index (κ1) is 30.6. The number of nitrogens with zero attached hydrogens (tertiary/aromatic N) is 3. The Morgan fingerprint density at radius 1 is 1.12 bits per heavy atom. The molecule has 3 N–H and O–H groups in total. The van der Waals surface area contributed by atoms with Gasteiger partial charge in [0.05, 0.1) is 53.2 Å². The van der Waals surface area contributed by atoms with Crippen LogP contribution in [0.25, 0.3) is 16.7 Å². The number of morpholine rings is 1. The summed E-state index contributed by atoms with van der Waals surface area (Å²) in [5, 5.41) is 1.96. The van der Waals surface area contributed by atoms with Gasteiger partial charge in [-0.1, -0.05) is 47.5 Å². The molecule has 0 bridgehead atoms. The maximum Gasteiger partial charge on any atom is 0.340 e. The maximum atomic E-state index is 13.6. The van der Waals surface area contributed by atoms with Crippen LogP contribution in [0.5, 0.6) is 0 Å². The third-order valence-corrected chi connectivity index (χ3v) is 8.08. The lowest BCUT2D eigenvalue weighted by Crippen LogP contribution is -2.45. The summed E-state index contributed by atoms with van der Waals surface area (Å²) in [5.74, 6) is -0.686. The second-order valence-electron chi connectivity index (χ2n) is 10.0. The van der Waals surface area contributed by atoms with E-state index in [2.05, 4.69) is 21.4 Å². The molecule has 2 aliphatic rings. The fourth-order valence-electron chi connectivity index (χ4n) is 5.38. The number of hydrogen-bond acceptors (Lipinski definition) is 8. The number of benzene rings is 3. The number of aliphatic imine (C=N–C) groups is 1. The average molecular weight is 623 g/mol. The van der Waals surface area contributed by atoms with Crippen molar-refractivity contribution in [3.05, 3.63) is 92.6 Å². The number of anilines is 1. The van der Waals surface area contributed by atoms with Crippen molar-refractivity contribution in [2.75, 3.05) is 44.9 Å². The molecule has 43 heavy (non-hydrogen) atoms. The number of nitrogens with two attached hydrogens (primary N) is 1. The minimum atomic E-state index is -0.347. The van der Waals surface area contributed by atoms with E-state index in [0.29, 0.717) is 62.7 Å². The molecule has 0 unspecified atom stereocenters. The molecule has 0 aliphatic carbocycles. The van der Waals surface area contributed by atoms with Gasteiger partial charge in [-0.25, -0.2) is 10.2 Å². The van der Waals surface area contributed by atoms with Crippen molar-refractivity contribution in [1.29, 1.82) is 0 Å². The Kier molecular flexibility index (Phi) is 9.67. The maximum absolute atomic E-state index is 13.6. The lowest BCUT2D eigenvalue weighted by atomic mass is 9.92. The van der Waals surface area contributed by atoms with Gasteiger partial charge in [0.25, 0.3) is 5.91 Å². The summed E-state index contributed by atoms with van der Waals surface area (Å²) in [6.07, 6.45) is 3.00. The molecule has 0 aromatic heterocycles. The Bertz CT molecular complexity index is 1580. The third kappa shape index (κ3) is 6.40. The van der Waals surface area contributed by atoms with Gasteiger partial charge in [0, 0.05) is 44.7 Å². The van der Waals surface area contributed by atoms with Gasteiger partial charge in [-0.2, -0.15) is 0 Å². The number of allylic oxidation sites excluding steroid dienone is 1. The van der Waals surface area contributed by atoms with Crippen molar-refractivity contribution in [2.45, 2.75) is 20.0 Å². The highest BCUT2D eigenvalue weighted by atomic mass is 35.5. The number of hydrazine groups is 1. The van der Waals surface area contributed by atoms with Gasteiger partial charge in [-0.15, -0.1) is 0 Å². The van der Waals surface area contributed by atoms with Crippen LogP contribution in [0.15, 0.2) is 59.7 Å². The van der Waals surface area contributed by atoms with Gasteiger partial charge in [0.2, 0.25) is 0 Å². The van der Waals surface area contributed by atoms with Crippen LogP contribution in [0.3, 0.4) is 0 Å². The summed E-state index contributed by atoms with van der Waals surface area (Å²) in [5.41, 5.74) is 15.9. The fraction of sp³-hybridized carbons (Fsp3) is 0.281. The third-order valence-electron chi connectivity index (χ3n) is 7.49. The first-order valence-corrected chi connectivity index (χ1v) is 14.8. The number of carbonyl (C=O) groups excluding carboxylic acids is 2. The van der Waals surface area contributed by atoms with Crippen molar-refractivity contribution in [3.8, 4) is 11.1 Å². The first-order valence-electron chi connectivity index (χ1n) is 14.0. The van der Waals surface area contributed by atoms with Crippen LogP contribution >= 0.6 is 23.2 Å². The van der Waals surface area contributed by atoms with Gasteiger partial charge < -0.3 is 20.1 Å². The number of rotatable bonds is 7. The molecular formula is C32H33Cl2N5O4. The number of ether oxygens (including phenoxy) is 2. The van der Waals surface area contributed by atoms with Gasteiger partial charge in [-0.3, -0.25) is 14.8 Å². The first-order chi connectivity index (χ1) is 20.9. The highest BCUT2D eigenvalue weighted by molar-refractivity contribution is 6.40. The molecular weight excluding hydrogens is 589 g/mol. The van der Waals surface area contributed by atoms with E-state index >= 15 is 0 Å². The van der Waals surface area contributed by atoms with E-state index in [0.717, 1.165) is 27.9 Å². The van der Waals surface area contributed by atoms with Crippen molar-refractivity contribution in [3.63, 3.8) is 0 Å². The summed E-state index contributed by atoms with van der Waals surface area (Å²) < 4.78 is 10.9. The molecule has 1 fully saturated rings. The van der Waals surface area contributed by atoms with Gasteiger partial charge in [0.1, 0.15) is 0 Å². The van der Waals surface area contributed by atoms with Crippen LogP contribution in [0.4, 0.5) is 5.69 Å². The summed E-state index contributed by atoms with van der Waals surface area (Å²) >= 11 is 13.1. The Morgan fingerprint density at radius 3 is 2.53 bits per heavy atom. The molecule has 0 atom stereocenters. The summed E-state index contributed by atoms with van der Waals surface area (Å²) in [6, 6.07) is 15.2. The Balaban J connectivity index is 1.44. The number of esters is 1. The molecule has 11 heteroatoms. The molecule has 3 aromatic carbocycles. The summed E-state index contributed by atoms with van der Waals surface area (Å²) in [4.78, 5) is 32.6. The summed E-state index contributed by atoms with van der Waals surface area (Å²) in [6.45, 7) is 5.37. The number of amides is 1. The SMILES string of the molecule is CCOC(=O)c1ccc(-c2cccc3c2CNN(C(=O)c2c(Cl)cc(C(C=NC)=CN)cc2Cl)C3)cc1N1CCOCC1. The van der Waals surface area contributed by atoms with Crippen LogP contribution in [-0.2, 0) is 22.6 Å². The van der Waals surface area contributed by atoms with Crippen molar-refractivity contribution < 1.29 is 19.1 Å². The van der Waals surface area contributed by atoms with E-state index in [-0.39, 0.29) is 27.5 Å². The molecule has 0 saturated carbocycles. The van der Waals surface area contributed by atoms with E-state index in [1.54, 1.807) is 32.3 Å². The number of carbonyl (C=O) groups is 2. The molecule has 5 rings (SSSR count). The van der Waals surface area contributed by atoms with Crippen LogP contribution in [0.2, 0.25) is 10.0 Å². The van der Waals surface area contributed by atoms with E-state index in [9.17, 15) is 9.59 Å². The fourth-order valence-corrected chi connectivity index (χ4v) is 6.03. The largest absolute Gasteiger partial charge is 0.462 e. The normalized spacial score (nSPS) is 15.5. The molecule has 1 saturated heterocycles.